The van der Waals surface area contributed by atoms with Gasteiger partial charge in [-0.2, -0.15) is 18.2 Å². The molecule has 0 aliphatic rings. The molecule has 0 radical (unpaired) electrons. The number of halogens is 4. The van der Waals surface area contributed by atoms with Crippen LogP contribution in [0.5, 0.6) is 0 Å². The van der Waals surface area contributed by atoms with Crippen LogP contribution >= 0.6 is 11.6 Å². The average molecular weight is 404 g/mol. The molecule has 1 unspecified atom stereocenters. The predicted molar refractivity (Wildman–Crippen MR) is 96.0 cm³/mol. The van der Waals surface area contributed by atoms with Gasteiger partial charge in [0, 0.05) is 24.0 Å². The number of benzene rings is 1. The number of anilines is 3. The van der Waals surface area contributed by atoms with Crippen LogP contribution in [0.3, 0.4) is 0 Å². The van der Waals surface area contributed by atoms with Crippen molar-refractivity contribution in [3.63, 3.8) is 0 Å². The molecule has 1 aromatic carbocycles. The minimum Gasteiger partial charge on any atom is -0.392 e. The van der Waals surface area contributed by atoms with Crippen LogP contribution in [-0.4, -0.2) is 33.8 Å². The molecular formula is C16H17ClF3N5O2. The van der Waals surface area contributed by atoms with Gasteiger partial charge in [0.2, 0.25) is 5.95 Å². The molecule has 1 atom stereocenters. The Labute approximate surface area is 158 Å². The molecule has 7 nitrogen and oxygen atoms in total. The number of aryl methyl sites for hydroxylation is 1. The van der Waals surface area contributed by atoms with Gasteiger partial charge in [-0.05, 0) is 32.0 Å². The molecule has 146 valence electrons. The first-order chi connectivity index (χ1) is 12.5. The number of amides is 2. The van der Waals surface area contributed by atoms with E-state index in [0.717, 1.165) is 12.1 Å². The summed E-state index contributed by atoms with van der Waals surface area (Å²) in [6.07, 6.45) is -5.25. The van der Waals surface area contributed by atoms with E-state index in [-0.39, 0.29) is 18.2 Å². The highest BCUT2D eigenvalue weighted by molar-refractivity contribution is 6.31. The van der Waals surface area contributed by atoms with Crippen LogP contribution in [-0.2, 0) is 6.18 Å². The third-order valence-electron chi connectivity index (χ3n) is 3.19. The maximum atomic E-state index is 12.9. The monoisotopic (exact) mass is 403 g/mol. The van der Waals surface area contributed by atoms with Crippen LogP contribution in [0.25, 0.3) is 0 Å². The van der Waals surface area contributed by atoms with E-state index in [1.807, 2.05) is 0 Å². The Morgan fingerprint density at radius 2 is 1.96 bits per heavy atom. The fourth-order valence-electron chi connectivity index (χ4n) is 2.05. The number of aromatic nitrogens is 2. The molecule has 0 fully saturated rings. The average Bonchev–Trinajstić information content (AvgIpc) is 2.53. The van der Waals surface area contributed by atoms with E-state index >= 15 is 0 Å². The second-order valence-corrected chi connectivity index (χ2v) is 6.13. The first kappa shape index (κ1) is 20.7. The van der Waals surface area contributed by atoms with Gasteiger partial charge in [0.1, 0.15) is 5.82 Å². The molecule has 11 heteroatoms. The third kappa shape index (κ3) is 6.26. The predicted octanol–water partition coefficient (Wildman–Crippen LogP) is 3.89. The van der Waals surface area contributed by atoms with Crippen molar-refractivity contribution < 1.29 is 23.1 Å². The second-order valence-electron chi connectivity index (χ2n) is 5.72. The number of carbonyl (C=O) groups excluding carboxylic acids is 1. The molecule has 27 heavy (non-hydrogen) atoms. The normalized spacial score (nSPS) is 12.4. The van der Waals surface area contributed by atoms with Crippen molar-refractivity contribution in [1.29, 1.82) is 0 Å². The van der Waals surface area contributed by atoms with Crippen molar-refractivity contribution in [1.82, 2.24) is 9.97 Å². The molecule has 0 spiro atoms. The van der Waals surface area contributed by atoms with E-state index in [9.17, 15) is 23.1 Å². The molecule has 0 aliphatic carbocycles. The number of rotatable bonds is 5. The lowest BCUT2D eigenvalue weighted by Crippen LogP contribution is -2.22. The second kappa shape index (κ2) is 8.40. The smallest absolute Gasteiger partial charge is 0.392 e. The lowest BCUT2D eigenvalue weighted by molar-refractivity contribution is -0.137. The Hall–Kier alpha value is -2.59. The highest BCUT2D eigenvalue weighted by Gasteiger charge is 2.33. The van der Waals surface area contributed by atoms with E-state index in [0.29, 0.717) is 11.5 Å². The number of hydrogen-bond donors (Lipinski definition) is 4. The van der Waals surface area contributed by atoms with Gasteiger partial charge in [-0.1, -0.05) is 11.6 Å². The molecule has 1 aromatic heterocycles. The molecule has 4 N–H and O–H groups in total. The lowest BCUT2D eigenvalue weighted by Gasteiger charge is -2.13. The van der Waals surface area contributed by atoms with Crippen LogP contribution in [0.15, 0.2) is 24.3 Å². The van der Waals surface area contributed by atoms with Crippen LogP contribution in [0.4, 0.5) is 35.4 Å². The number of hydrogen-bond acceptors (Lipinski definition) is 5. The Morgan fingerprint density at radius 1 is 1.26 bits per heavy atom. The summed E-state index contributed by atoms with van der Waals surface area (Å²) < 4.78 is 38.6. The topological polar surface area (TPSA) is 99.2 Å². The van der Waals surface area contributed by atoms with Crippen LogP contribution in [0.2, 0.25) is 5.02 Å². The van der Waals surface area contributed by atoms with Gasteiger partial charge in [0.05, 0.1) is 16.7 Å². The highest BCUT2D eigenvalue weighted by atomic mass is 35.5. The van der Waals surface area contributed by atoms with Crippen molar-refractivity contribution >= 4 is 35.1 Å². The van der Waals surface area contributed by atoms with Crippen LogP contribution < -0.4 is 16.0 Å². The molecule has 2 aromatic rings. The largest absolute Gasteiger partial charge is 0.417 e. The minimum atomic E-state index is -4.64. The molecule has 2 amide bonds. The zero-order chi connectivity index (χ0) is 20.2. The third-order valence-corrected chi connectivity index (χ3v) is 3.52. The fraction of sp³-hybridized carbons (Fsp3) is 0.312. The van der Waals surface area contributed by atoms with Gasteiger partial charge in [0.25, 0.3) is 0 Å². The van der Waals surface area contributed by atoms with E-state index in [1.165, 1.54) is 6.07 Å². The van der Waals surface area contributed by atoms with Gasteiger partial charge < -0.3 is 15.7 Å². The SMILES string of the molecule is Cc1cc(NCC(C)O)nc(NC(=O)Nc2ccc(Cl)c(C(F)(F)F)c2)n1. The number of carbonyl (C=O) groups is 1. The van der Waals surface area contributed by atoms with E-state index in [4.69, 9.17) is 11.6 Å². The van der Waals surface area contributed by atoms with Crippen molar-refractivity contribution in [3.8, 4) is 0 Å². The minimum absolute atomic E-state index is 0.0504. The number of aliphatic hydroxyl groups excluding tert-OH is 1. The molecule has 0 saturated heterocycles. The molecule has 0 aliphatic heterocycles. The molecule has 0 bridgehead atoms. The summed E-state index contributed by atoms with van der Waals surface area (Å²) >= 11 is 5.54. The summed E-state index contributed by atoms with van der Waals surface area (Å²) in [7, 11) is 0. The Morgan fingerprint density at radius 3 is 2.59 bits per heavy atom. The Kier molecular flexibility index (Phi) is 6.45. The standard InChI is InChI=1S/C16H17ClF3N5O2/c1-8-5-13(21-7-9(2)26)24-14(22-8)25-15(27)23-10-3-4-12(17)11(6-10)16(18,19)20/h3-6,9,26H,7H2,1-2H3,(H3,21,22,23,24,25,27). The molecular weight excluding hydrogens is 387 g/mol. The molecule has 2 rings (SSSR count). The van der Waals surface area contributed by atoms with Gasteiger partial charge in [-0.25, -0.2) is 9.78 Å². The van der Waals surface area contributed by atoms with Crippen LogP contribution in [0.1, 0.15) is 18.2 Å². The van der Waals surface area contributed by atoms with Crippen LogP contribution in [0, 0.1) is 6.92 Å². The van der Waals surface area contributed by atoms with Gasteiger partial charge in [0.15, 0.2) is 0 Å². The molecule has 1 heterocycles. The lowest BCUT2D eigenvalue weighted by atomic mass is 10.2. The van der Waals surface area contributed by atoms with Crippen molar-refractivity contribution in [2.45, 2.75) is 26.1 Å². The zero-order valence-electron chi connectivity index (χ0n) is 14.4. The number of alkyl halides is 3. The maximum Gasteiger partial charge on any atom is 0.417 e. The van der Waals surface area contributed by atoms with Crippen molar-refractivity contribution in [2.75, 3.05) is 22.5 Å². The van der Waals surface area contributed by atoms with E-state index in [1.54, 1.807) is 19.9 Å². The number of urea groups is 1. The van der Waals surface area contributed by atoms with Crippen molar-refractivity contribution in [3.05, 3.63) is 40.5 Å². The quantitative estimate of drug-likeness (QED) is 0.607. The summed E-state index contributed by atoms with van der Waals surface area (Å²) in [5.41, 5.74) is -0.609. The Balaban J connectivity index is 2.10. The summed E-state index contributed by atoms with van der Waals surface area (Å²) in [5.74, 6) is 0.329. The van der Waals surface area contributed by atoms with Gasteiger partial charge in [-0.15, -0.1) is 0 Å². The number of nitrogens with one attached hydrogen (secondary N) is 3. The first-order valence-electron chi connectivity index (χ1n) is 7.77. The first-order valence-corrected chi connectivity index (χ1v) is 8.15. The zero-order valence-corrected chi connectivity index (χ0v) is 15.1. The summed E-state index contributed by atoms with van der Waals surface area (Å²) in [5, 5.41) is 16.3. The number of nitrogens with zero attached hydrogens (tertiary/aromatic N) is 2. The summed E-state index contributed by atoms with van der Waals surface area (Å²) in [6.45, 7) is 3.51. The number of aliphatic hydroxyl groups is 1. The van der Waals surface area contributed by atoms with Gasteiger partial charge in [-0.3, -0.25) is 5.32 Å². The molecule has 0 saturated carbocycles. The summed E-state index contributed by atoms with van der Waals surface area (Å²) in [4.78, 5) is 20.1. The van der Waals surface area contributed by atoms with Crippen molar-refractivity contribution in [2.24, 2.45) is 0 Å². The maximum absolute atomic E-state index is 12.9. The Bertz CT molecular complexity index is 830. The summed E-state index contributed by atoms with van der Waals surface area (Å²) in [6, 6.07) is 3.80. The highest BCUT2D eigenvalue weighted by Crippen LogP contribution is 2.36. The fourth-order valence-corrected chi connectivity index (χ4v) is 2.28. The van der Waals surface area contributed by atoms with Gasteiger partial charge >= 0.3 is 12.2 Å². The van der Waals surface area contributed by atoms with E-state index in [2.05, 4.69) is 25.9 Å². The van der Waals surface area contributed by atoms with E-state index < -0.39 is 28.9 Å².